The Morgan fingerprint density at radius 3 is 3.07 bits per heavy atom. The molecule has 2 rings (SSSR count). The SMILES string of the molecule is CCn1ccnc1CCC(Cl)C1CC1. The molecule has 0 bridgehead atoms. The molecule has 0 N–H and O–H groups in total. The quantitative estimate of drug-likeness (QED) is 0.687. The first kappa shape index (κ1) is 10.0. The molecular weight excluding hydrogens is 196 g/mol. The topological polar surface area (TPSA) is 17.8 Å². The van der Waals surface area contributed by atoms with Crippen molar-refractivity contribution in [2.24, 2.45) is 5.92 Å². The van der Waals surface area contributed by atoms with Gasteiger partial charge in [0.25, 0.3) is 0 Å². The van der Waals surface area contributed by atoms with Crippen LogP contribution >= 0.6 is 11.6 Å². The van der Waals surface area contributed by atoms with Crippen molar-refractivity contribution in [3.63, 3.8) is 0 Å². The zero-order valence-electron chi connectivity index (χ0n) is 8.62. The number of halogens is 1. The summed E-state index contributed by atoms with van der Waals surface area (Å²) in [6.07, 6.45) is 8.66. The molecule has 1 aromatic rings. The van der Waals surface area contributed by atoms with Crippen LogP contribution in [0.15, 0.2) is 12.4 Å². The Balaban J connectivity index is 1.84. The van der Waals surface area contributed by atoms with E-state index in [0.717, 1.165) is 25.3 Å². The second kappa shape index (κ2) is 4.35. The monoisotopic (exact) mass is 212 g/mol. The van der Waals surface area contributed by atoms with Gasteiger partial charge in [0, 0.05) is 30.7 Å². The van der Waals surface area contributed by atoms with Crippen LogP contribution in [-0.4, -0.2) is 14.9 Å². The van der Waals surface area contributed by atoms with Crippen LogP contribution in [0.25, 0.3) is 0 Å². The zero-order valence-corrected chi connectivity index (χ0v) is 9.37. The number of hydrogen-bond donors (Lipinski definition) is 0. The largest absolute Gasteiger partial charge is 0.335 e. The number of imidazole rings is 1. The average molecular weight is 213 g/mol. The third-order valence-corrected chi connectivity index (χ3v) is 3.49. The number of aromatic nitrogens is 2. The molecule has 1 aromatic heterocycles. The summed E-state index contributed by atoms with van der Waals surface area (Å²) >= 11 is 6.25. The molecule has 14 heavy (non-hydrogen) atoms. The molecule has 0 saturated heterocycles. The minimum atomic E-state index is 0.372. The van der Waals surface area contributed by atoms with Crippen LogP contribution in [0, 0.1) is 5.92 Å². The van der Waals surface area contributed by atoms with Crippen LogP contribution < -0.4 is 0 Å². The summed E-state index contributed by atoms with van der Waals surface area (Å²) in [5.41, 5.74) is 0. The fourth-order valence-corrected chi connectivity index (χ4v) is 2.18. The number of hydrogen-bond acceptors (Lipinski definition) is 1. The molecule has 0 spiro atoms. The highest BCUT2D eigenvalue weighted by molar-refractivity contribution is 6.20. The maximum absolute atomic E-state index is 6.25. The van der Waals surface area contributed by atoms with Gasteiger partial charge in [-0.15, -0.1) is 11.6 Å². The van der Waals surface area contributed by atoms with Crippen molar-refractivity contribution in [2.45, 2.75) is 44.5 Å². The maximum atomic E-state index is 6.25. The van der Waals surface area contributed by atoms with Gasteiger partial charge in [0.05, 0.1) is 0 Å². The lowest BCUT2D eigenvalue weighted by atomic mass is 10.1. The fourth-order valence-electron chi connectivity index (χ4n) is 1.82. The van der Waals surface area contributed by atoms with Gasteiger partial charge in [0.1, 0.15) is 5.82 Å². The van der Waals surface area contributed by atoms with E-state index in [4.69, 9.17) is 11.6 Å². The molecule has 1 atom stereocenters. The van der Waals surface area contributed by atoms with E-state index in [9.17, 15) is 0 Å². The standard InChI is InChI=1S/C11H17ClN2/c1-2-14-8-7-13-11(14)6-5-10(12)9-3-4-9/h7-10H,2-6H2,1H3. The number of alkyl halides is 1. The van der Waals surface area contributed by atoms with Crippen LogP contribution in [0.1, 0.15) is 32.0 Å². The van der Waals surface area contributed by atoms with Gasteiger partial charge in [0.15, 0.2) is 0 Å². The Kier molecular flexibility index (Phi) is 3.12. The molecule has 0 aromatic carbocycles. The molecule has 1 saturated carbocycles. The van der Waals surface area contributed by atoms with Gasteiger partial charge < -0.3 is 4.57 Å². The lowest BCUT2D eigenvalue weighted by Crippen LogP contribution is -2.07. The summed E-state index contributed by atoms with van der Waals surface area (Å²) < 4.78 is 2.19. The molecule has 1 aliphatic rings. The van der Waals surface area contributed by atoms with Crippen molar-refractivity contribution in [3.8, 4) is 0 Å². The Morgan fingerprint density at radius 1 is 1.64 bits per heavy atom. The van der Waals surface area contributed by atoms with Gasteiger partial charge in [0.2, 0.25) is 0 Å². The van der Waals surface area contributed by atoms with E-state index in [2.05, 4.69) is 16.5 Å². The second-order valence-electron chi connectivity index (χ2n) is 4.02. The van der Waals surface area contributed by atoms with Gasteiger partial charge in [-0.1, -0.05) is 0 Å². The molecule has 1 heterocycles. The van der Waals surface area contributed by atoms with E-state index in [0.29, 0.717) is 5.38 Å². The second-order valence-corrected chi connectivity index (χ2v) is 4.58. The Morgan fingerprint density at radius 2 is 2.43 bits per heavy atom. The number of rotatable bonds is 5. The summed E-state index contributed by atoms with van der Waals surface area (Å²) in [4.78, 5) is 4.34. The number of nitrogens with zero attached hydrogens (tertiary/aromatic N) is 2. The molecule has 0 amide bonds. The van der Waals surface area contributed by atoms with Crippen LogP contribution in [0.5, 0.6) is 0 Å². The molecule has 0 radical (unpaired) electrons. The van der Waals surface area contributed by atoms with Crippen molar-refractivity contribution in [3.05, 3.63) is 18.2 Å². The van der Waals surface area contributed by atoms with Gasteiger partial charge in [-0.3, -0.25) is 0 Å². The van der Waals surface area contributed by atoms with E-state index in [1.165, 1.54) is 18.7 Å². The van der Waals surface area contributed by atoms with Gasteiger partial charge in [-0.05, 0) is 32.1 Å². The maximum Gasteiger partial charge on any atom is 0.108 e. The van der Waals surface area contributed by atoms with Crippen LogP contribution in [0.3, 0.4) is 0 Å². The Hall–Kier alpha value is -0.500. The third-order valence-electron chi connectivity index (χ3n) is 2.92. The highest BCUT2D eigenvalue weighted by atomic mass is 35.5. The van der Waals surface area contributed by atoms with Crippen molar-refractivity contribution in [2.75, 3.05) is 0 Å². The van der Waals surface area contributed by atoms with Gasteiger partial charge >= 0.3 is 0 Å². The molecule has 1 unspecified atom stereocenters. The molecule has 78 valence electrons. The van der Waals surface area contributed by atoms with Crippen LogP contribution in [0.4, 0.5) is 0 Å². The zero-order chi connectivity index (χ0) is 9.97. The first-order chi connectivity index (χ1) is 6.81. The Labute approximate surface area is 90.3 Å². The summed E-state index contributed by atoms with van der Waals surface area (Å²) in [6, 6.07) is 0. The predicted molar refractivity (Wildman–Crippen MR) is 58.6 cm³/mol. The van der Waals surface area contributed by atoms with Gasteiger partial charge in [-0.2, -0.15) is 0 Å². The Bertz CT molecular complexity index is 291. The highest BCUT2D eigenvalue weighted by Crippen LogP contribution is 2.37. The molecular formula is C11H17ClN2. The molecule has 2 nitrogen and oxygen atoms in total. The molecule has 1 fully saturated rings. The van der Waals surface area contributed by atoms with E-state index in [-0.39, 0.29) is 0 Å². The highest BCUT2D eigenvalue weighted by Gasteiger charge is 2.29. The van der Waals surface area contributed by atoms with Crippen molar-refractivity contribution in [1.82, 2.24) is 9.55 Å². The molecule has 0 aliphatic heterocycles. The summed E-state index contributed by atoms with van der Waals surface area (Å²) in [5, 5.41) is 0.372. The lowest BCUT2D eigenvalue weighted by molar-refractivity contribution is 0.624. The first-order valence-electron chi connectivity index (χ1n) is 5.45. The van der Waals surface area contributed by atoms with Crippen LogP contribution in [0.2, 0.25) is 0 Å². The van der Waals surface area contributed by atoms with Gasteiger partial charge in [-0.25, -0.2) is 4.98 Å². The van der Waals surface area contributed by atoms with Crippen molar-refractivity contribution >= 4 is 11.6 Å². The van der Waals surface area contributed by atoms with Crippen molar-refractivity contribution in [1.29, 1.82) is 0 Å². The predicted octanol–water partition coefficient (Wildman–Crippen LogP) is 2.85. The average Bonchev–Trinajstić information content (AvgIpc) is 2.94. The summed E-state index contributed by atoms with van der Waals surface area (Å²) in [7, 11) is 0. The molecule has 1 aliphatic carbocycles. The minimum Gasteiger partial charge on any atom is -0.335 e. The number of aryl methyl sites for hydroxylation is 2. The van der Waals surface area contributed by atoms with E-state index in [1.807, 2.05) is 12.4 Å². The first-order valence-corrected chi connectivity index (χ1v) is 5.89. The van der Waals surface area contributed by atoms with Crippen LogP contribution in [-0.2, 0) is 13.0 Å². The smallest absolute Gasteiger partial charge is 0.108 e. The van der Waals surface area contributed by atoms with E-state index >= 15 is 0 Å². The minimum absolute atomic E-state index is 0.372. The van der Waals surface area contributed by atoms with E-state index < -0.39 is 0 Å². The fraction of sp³-hybridized carbons (Fsp3) is 0.727. The molecule has 3 heteroatoms. The van der Waals surface area contributed by atoms with E-state index in [1.54, 1.807) is 0 Å². The normalized spacial score (nSPS) is 18.4. The lowest BCUT2D eigenvalue weighted by Gasteiger charge is -2.08. The summed E-state index contributed by atoms with van der Waals surface area (Å²) in [6.45, 7) is 3.15. The third kappa shape index (κ3) is 2.30. The van der Waals surface area contributed by atoms with Crippen molar-refractivity contribution < 1.29 is 0 Å². The summed E-state index contributed by atoms with van der Waals surface area (Å²) in [5.74, 6) is 1.97.